The summed E-state index contributed by atoms with van der Waals surface area (Å²) >= 11 is 0. The van der Waals surface area contributed by atoms with Gasteiger partial charge in [-0.15, -0.1) is 0 Å². The Morgan fingerprint density at radius 3 is 3.04 bits per heavy atom. The summed E-state index contributed by atoms with van der Waals surface area (Å²) < 4.78 is 5.76. The molecule has 1 fully saturated rings. The van der Waals surface area contributed by atoms with Crippen molar-refractivity contribution in [3.63, 3.8) is 0 Å². The molecule has 3 unspecified atom stereocenters. The summed E-state index contributed by atoms with van der Waals surface area (Å²) in [6.07, 6.45) is 8.44. The van der Waals surface area contributed by atoms with Crippen LogP contribution >= 0.6 is 0 Å². The predicted octanol–water partition coefficient (Wildman–Crippen LogP) is 2.35. The Morgan fingerprint density at radius 2 is 2.19 bits per heavy atom. The lowest BCUT2D eigenvalue weighted by molar-refractivity contribution is -0.126. The fourth-order valence-electron chi connectivity index (χ4n) is 4.14. The zero-order valence-corrected chi connectivity index (χ0v) is 14.8. The van der Waals surface area contributed by atoms with Crippen LogP contribution in [0.5, 0.6) is 0 Å². The van der Waals surface area contributed by atoms with Crippen LogP contribution in [0, 0.1) is 5.92 Å². The van der Waals surface area contributed by atoms with E-state index in [1.807, 2.05) is 36.5 Å². The number of para-hydroxylation sites is 2. The molecule has 27 heavy (non-hydrogen) atoms. The number of rotatable bonds is 2. The largest absolute Gasteiger partial charge is 0.423 e. The second-order valence-electron chi connectivity index (χ2n) is 7.15. The van der Waals surface area contributed by atoms with Crippen molar-refractivity contribution < 1.29 is 9.21 Å². The van der Waals surface area contributed by atoms with Crippen molar-refractivity contribution in [1.29, 1.82) is 0 Å². The molecule has 3 heterocycles. The van der Waals surface area contributed by atoms with Gasteiger partial charge in [-0.2, -0.15) is 4.98 Å². The molecule has 0 spiro atoms. The number of carbonyl (C=O) groups is 1. The van der Waals surface area contributed by atoms with Crippen molar-refractivity contribution in [1.82, 2.24) is 15.6 Å². The number of benzene rings is 1. The van der Waals surface area contributed by atoms with Gasteiger partial charge in [0.25, 0.3) is 0 Å². The summed E-state index contributed by atoms with van der Waals surface area (Å²) in [5.74, 6) is 0.786. The van der Waals surface area contributed by atoms with E-state index in [4.69, 9.17) is 9.41 Å². The number of hydrogen-bond acceptors (Lipinski definition) is 7. The van der Waals surface area contributed by atoms with Gasteiger partial charge in [0.1, 0.15) is 11.3 Å². The first-order valence-corrected chi connectivity index (χ1v) is 9.36. The molecule has 7 nitrogen and oxygen atoms in total. The number of nitrogens with zero attached hydrogens (tertiary/aromatic N) is 2. The molecule has 0 radical (unpaired) electrons. The van der Waals surface area contributed by atoms with Crippen LogP contribution in [0.15, 0.2) is 57.6 Å². The maximum atomic E-state index is 12.6. The van der Waals surface area contributed by atoms with Crippen LogP contribution in [0.1, 0.15) is 19.3 Å². The van der Waals surface area contributed by atoms with Gasteiger partial charge >= 0.3 is 6.01 Å². The van der Waals surface area contributed by atoms with Gasteiger partial charge in [-0.25, -0.2) is 4.99 Å². The van der Waals surface area contributed by atoms with E-state index in [2.05, 4.69) is 27.0 Å². The van der Waals surface area contributed by atoms with Gasteiger partial charge < -0.3 is 15.1 Å². The lowest BCUT2D eigenvalue weighted by Crippen LogP contribution is -2.56. The molecule has 3 aliphatic rings. The van der Waals surface area contributed by atoms with Gasteiger partial charge in [0, 0.05) is 19.0 Å². The highest BCUT2D eigenvalue weighted by Gasteiger charge is 2.42. The number of dihydropyridines is 1. The molecular formula is C20H21N5O2. The van der Waals surface area contributed by atoms with Crippen molar-refractivity contribution in [2.45, 2.75) is 31.3 Å². The van der Waals surface area contributed by atoms with E-state index >= 15 is 0 Å². The smallest absolute Gasteiger partial charge is 0.302 e. The summed E-state index contributed by atoms with van der Waals surface area (Å²) in [6.45, 7) is 0.706. The molecule has 1 aliphatic carbocycles. The van der Waals surface area contributed by atoms with E-state index in [0.29, 0.717) is 30.7 Å². The van der Waals surface area contributed by atoms with E-state index in [1.54, 1.807) is 0 Å². The zero-order chi connectivity index (χ0) is 18.2. The quantitative estimate of drug-likeness (QED) is 0.759. The van der Waals surface area contributed by atoms with Gasteiger partial charge in [-0.1, -0.05) is 18.2 Å². The van der Waals surface area contributed by atoms with Crippen molar-refractivity contribution in [3.8, 4) is 0 Å². The molecule has 3 atom stereocenters. The highest BCUT2D eigenvalue weighted by molar-refractivity contribution is 5.96. The average molecular weight is 363 g/mol. The second kappa shape index (κ2) is 6.57. The minimum Gasteiger partial charge on any atom is -0.423 e. The number of anilines is 1. The third-order valence-corrected chi connectivity index (χ3v) is 5.40. The number of aliphatic imine (C=N–C) groups is 1. The highest BCUT2D eigenvalue weighted by Crippen LogP contribution is 2.32. The monoisotopic (exact) mass is 363 g/mol. The molecule has 1 saturated carbocycles. The van der Waals surface area contributed by atoms with Crippen molar-refractivity contribution in [2.24, 2.45) is 10.9 Å². The zero-order valence-electron chi connectivity index (χ0n) is 14.8. The number of ketones is 1. The van der Waals surface area contributed by atoms with Crippen LogP contribution in [0.4, 0.5) is 6.01 Å². The first-order chi connectivity index (χ1) is 13.3. The first kappa shape index (κ1) is 16.1. The third-order valence-electron chi connectivity index (χ3n) is 5.40. The maximum Gasteiger partial charge on any atom is 0.302 e. The minimum absolute atomic E-state index is 0.0763. The SMILES string of the molecule is O=C1CCCC2NC(Nc3nc4ccccc4o3)=NC(C3=CC=CNC3)C12. The molecule has 2 aromatic rings. The Labute approximate surface area is 156 Å². The van der Waals surface area contributed by atoms with E-state index in [0.717, 1.165) is 29.5 Å². The molecular weight excluding hydrogens is 342 g/mol. The number of allylic oxidation sites excluding steroid dienone is 2. The van der Waals surface area contributed by atoms with Crippen molar-refractivity contribution in [2.75, 3.05) is 11.9 Å². The summed E-state index contributed by atoms with van der Waals surface area (Å²) in [6, 6.07) is 7.93. The summed E-state index contributed by atoms with van der Waals surface area (Å²) in [4.78, 5) is 21.9. The second-order valence-corrected chi connectivity index (χ2v) is 7.15. The molecule has 1 aromatic carbocycles. The molecule has 0 amide bonds. The van der Waals surface area contributed by atoms with Gasteiger partial charge in [-0.3, -0.25) is 10.1 Å². The topological polar surface area (TPSA) is 91.5 Å². The van der Waals surface area contributed by atoms with Crippen molar-refractivity contribution in [3.05, 3.63) is 48.2 Å². The number of carbonyl (C=O) groups excluding carboxylic acids is 1. The molecule has 3 N–H and O–H groups in total. The van der Waals surface area contributed by atoms with Gasteiger partial charge in [0.2, 0.25) is 0 Å². The number of hydrogen-bond donors (Lipinski definition) is 3. The lowest BCUT2D eigenvalue weighted by atomic mass is 9.75. The third kappa shape index (κ3) is 2.99. The summed E-state index contributed by atoms with van der Waals surface area (Å²) in [5, 5.41) is 9.80. The lowest BCUT2D eigenvalue weighted by Gasteiger charge is -2.40. The Bertz CT molecular complexity index is 941. The molecule has 1 aromatic heterocycles. The number of nitrogens with one attached hydrogen (secondary N) is 3. The molecule has 2 aliphatic heterocycles. The van der Waals surface area contributed by atoms with Crippen LogP contribution in [0.25, 0.3) is 11.1 Å². The van der Waals surface area contributed by atoms with Gasteiger partial charge in [0.05, 0.1) is 12.0 Å². The number of oxazole rings is 1. The number of guanidine groups is 1. The first-order valence-electron chi connectivity index (χ1n) is 9.36. The van der Waals surface area contributed by atoms with E-state index in [1.165, 1.54) is 0 Å². The highest BCUT2D eigenvalue weighted by atomic mass is 16.4. The van der Waals surface area contributed by atoms with Crippen molar-refractivity contribution >= 4 is 28.9 Å². The van der Waals surface area contributed by atoms with Crippen LogP contribution in [0.2, 0.25) is 0 Å². The molecule has 7 heteroatoms. The van der Waals surface area contributed by atoms with Gasteiger partial charge in [-0.05, 0) is 42.8 Å². The summed E-state index contributed by atoms with van der Waals surface area (Å²) in [7, 11) is 0. The molecule has 0 saturated heterocycles. The average Bonchev–Trinajstić information content (AvgIpc) is 3.10. The van der Waals surface area contributed by atoms with Crippen LogP contribution < -0.4 is 16.0 Å². The fourth-order valence-corrected chi connectivity index (χ4v) is 4.14. The Balaban J connectivity index is 1.48. The normalized spacial score (nSPS) is 27.3. The molecule has 0 bridgehead atoms. The minimum atomic E-state index is -0.173. The number of fused-ring (bicyclic) bond motifs is 2. The summed E-state index contributed by atoms with van der Waals surface area (Å²) in [5.41, 5.74) is 2.65. The molecule has 5 rings (SSSR count). The number of aromatic nitrogens is 1. The maximum absolute atomic E-state index is 12.6. The van der Waals surface area contributed by atoms with Gasteiger partial charge in [0.15, 0.2) is 11.5 Å². The van der Waals surface area contributed by atoms with E-state index in [9.17, 15) is 4.79 Å². The fraction of sp³-hybridized carbons (Fsp3) is 0.350. The Kier molecular flexibility index (Phi) is 3.92. The van der Waals surface area contributed by atoms with Crippen LogP contribution in [0.3, 0.4) is 0 Å². The Hall–Kier alpha value is -3.09. The standard InChI is InChI=1S/C20H21N5O2/c26-15-8-3-7-14-17(15)18(12-5-4-10-21-11-12)24-19(22-14)25-20-23-13-6-1-2-9-16(13)27-20/h1-2,4-6,9-10,14,17-18,21H,3,7-8,11H2,(H2,22,23,24,25). The van der Waals surface area contributed by atoms with Crippen LogP contribution in [-0.4, -0.2) is 35.4 Å². The van der Waals surface area contributed by atoms with Crippen LogP contribution in [-0.2, 0) is 4.79 Å². The van der Waals surface area contributed by atoms with E-state index < -0.39 is 0 Å². The predicted molar refractivity (Wildman–Crippen MR) is 103 cm³/mol. The van der Waals surface area contributed by atoms with E-state index in [-0.39, 0.29) is 18.0 Å². The number of Topliss-reactive ketones (excluding diaryl/α,β-unsaturated/α-hetero) is 1. The molecule has 138 valence electrons. The Morgan fingerprint density at radius 1 is 1.26 bits per heavy atom.